The molecule has 0 saturated carbocycles. The average Bonchev–Trinajstić information content (AvgIpc) is 3.89. The van der Waals surface area contributed by atoms with Crippen LogP contribution in [0.5, 0.6) is 5.75 Å². The number of nitrogens with zero attached hydrogens (tertiary/aromatic N) is 2. The van der Waals surface area contributed by atoms with E-state index >= 15 is 0 Å². The van der Waals surface area contributed by atoms with Crippen LogP contribution in [0.15, 0.2) is 67.3 Å². The molecule has 2 aromatic heterocycles. The number of nitrogens with one attached hydrogen (secondary N) is 5. The molecule has 4 aromatic rings. The quantitative estimate of drug-likeness (QED) is 0.0887. The fourth-order valence-corrected chi connectivity index (χ4v) is 6.35. The molecule has 5 atom stereocenters. The molecule has 0 aliphatic carbocycles. The Kier molecular flexibility index (Phi) is 11.7. The number of carboxylic acids is 1. The second-order valence-electron chi connectivity index (χ2n) is 13.2. The maximum atomic E-state index is 13.9. The van der Waals surface area contributed by atoms with E-state index in [1.807, 2.05) is 30.5 Å². The molecule has 2 aromatic carbocycles. The molecule has 1 fully saturated rings. The van der Waals surface area contributed by atoms with E-state index in [0.29, 0.717) is 30.6 Å². The summed E-state index contributed by atoms with van der Waals surface area (Å²) in [6, 6.07) is 8.27. The molecule has 0 bridgehead atoms. The van der Waals surface area contributed by atoms with Crippen LogP contribution in [0, 0.1) is 5.92 Å². The van der Waals surface area contributed by atoms with Gasteiger partial charge in [0.25, 0.3) is 0 Å². The third kappa shape index (κ3) is 9.11. The summed E-state index contributed by atoms with van der Waals surface area (Å²) in [7, 11) is 0. The maximum Gasteiger partial charge on any atom is 0.326 e. The summed E-state index contributed by atoms with van der Waals surface area (Å²) in [6.07, 6.45) is 5.94. The van der Waals surface area contributed by atoms with E-state index in [-0.39, 0.29) is 30.9 Å². The van der Waals surface area contributed by atoms with Crippen molar-refractivity contribution in [2.75, 3.05) is 6.54 Å². The van der Waals surface area contributed by atoms with Crippen molar-refractivity contribution in [1.82, 2.24) is 35.8 Å². The number of likely N-dealkylation sites (tertiary alicyclic amines) is 1. The second kappa shape index (κ2) is 16.3. The highest BCUT2D eigenvalue weighted by molar-refractivity contribution is 5.96. The summed E-state index contributed by atoms with van der Waals surface area (Å²) >= 11 is 0. The van der Waals surface area contributed by atoms with Gasteiger partial charge in [0.15, 0.2) is 0 Å². The monoisotopic (exact) mass is 700 g/mol. The number of imidazole rings is 1. The molecule has 3 heterocycles. The van der Waals surface area contributed by atoms with Crippen LogP contribution in [-0.2, 0) is 43.2 Å². The van der Waals surface area contributed by atoms with Gasteiger partial charge in [-0.15, -0.1) is 0 Å². The molecule has 15 nitrogen and oxygen atoms in total. The first-order valence-electron chi connectivity index (χ1n) is 16.9. The van der Waals surface area contributed by atoms with Gasteiger partial charge in [-0.05, 0) is 54.5 Å². The molecule has 0 spiro atoms. The summed E-state index contributed by atoms with van der Waals surface area (Å²) < 4.78 is 0. The highest BCUT2D eigenvalue weighted by Crippen LogP contribution is 2.23. The number of aromatic hydroxyl groups is 1. The maximum absolute atomic E-state index is 13.9. The summed E-state index contributed by atoms with van der Waals surface area (Å²) in [6.45, 7) is 3.62. The van der Waals surface area contributed by atoms with Crippen molar-refractivity contribution in [3.8, 4) is 5.75 Å². The smallest absolute Gasteiger partial charge is 0.326 e. The molecule has 1 aliphatic heterocycles. The van der Waals surface area contributed by atoms with Crippen LogP contribution in [0.1, 0.15) is 43.5 Å². The number of hydrogen-bond acceptors (Lipinski definition) is 8. The SMILES string of the molecule is CC(C)[C@H](NC(=O)[C@@H](Cc1ccc(O)cc1)NC(=O)[C@@H](Cc1c[nH]cn1)NC(=O)[C@H]1CCCN1C(=O)[C@H](N)Cc1c[nH]c2ccccc12)C(=O)O. The van der Waals surface area contributed by atoms with E-state index in [9.17, 15) is 34.2 Å². The number of fused-ring (bicyclic) bond motifs is 1. The Morgan fingerprint density at radius 1 is 0.941 bits per heavy atom. The molecular formula is C36H44N8O7. The molecule has 0 radical (unpaired) electrons. The number of carbonyl (C=O) groups excluding carboxylic acids is 4. The van der Waals surface area contributed by atoms with Crippen LogP contribution in [0.4, 0.5) is 0 Å². The van der Waals surface area contributed by atoms with Crippen molar-refractivity contribution >= 4 is 40.5 Å². The first-order chi connectivity index (χ1) is 24.4. The van der Waals surface area contributed by atoms with Crippen molar-refractivity contribution in [1.29, 1.82) is 0 Å². The minimum absolute atomic E-state index is 0.00896. The minimum Gasteiger partial charge on any atom is -0.508 e. The number of aromatic nitrogens is 3. The fourth-order valence-electron chi connectivity index (χ4n) is 6.35. The lowest BCUT2D eigenvalue weighted by molar-refractivity contribution is -0.143. The lowest BCUT2D eigenvalue weighted by atomic mass is 10.0. The number of aromatic amines is 2. The Balaban J connectivity index is 1.32. The van der Waals surface area contributed by atoms with Gasteiger partial charge in [0, 0.05) is 42.7 Å². The third-order valence-corrected chi connectivity index (χ3v) is 9.11. The van der Waals surface area contributed by atoms with E-state index in [1.54, 1.807) is 32.2 Å². The van der Waals surface area contributed by atoms with Crippen molar-refractivity contribution in [2.45, 2.75) is 76.2 Å². The molecule has 15 heteroatoms. The number of phenols is 1. The van der Waals surface area contributed by atoms with Crippen LogP contribution in [0.25, 0.3) is 10.9 Å². The van der Waals surface area contributed by atoms with Crippen LogP contribution >= 0.6 is 0 Å². The number of carbonyl (C=O) groups is 5. The third-order valence-electron chi connectivity index (χ3n) is 9.11. The first kappa shape index (κ1) is 36.6. The van der Waals surface area contributed by atoms with Crippen molar-refractivity contribution in [3.05, 3.63) is 84.1 Å². The highest BCUT2D eigenvalue weighted by Gasteiger charge is 2.38. The molecule has 1 saturated heterocycles. The molecule has 0 unspecified atom stereocenters. The predicted molar refractivity (Wildman–Crippen MR) is 187 cm³/mol. The molecule has 51 heavy (non-hydrogen) atoms. The van der Waals surface area contributed by atoms with E-state index in [4.69, 9.17) is 5.73 Å². The lowest BCUT2D eigenvalue weighted by Gasteiger charge is -2.29. The van der Waals surface area contributed by atoms with Crippen LogP contribution in [0.2, 0.25) is 0 Å². The minimum atomic E-state index is -1.24. The van der Waals surface area contributed by atoms with Gasteiger partial charge in [0.2, 0.25) is 23.6 Å². The normalized spacial score (nSPS) is 16.7. The Hall–Kier alpha value is -5.70. The van der Waals surface area contributed by atoms with Gasteiger partial charge in [0.1, 0.15) is 29.9 Å². The van der Waals surface area contributed by atoms with Gasteiger partial charge >= 0.3 is 5.97 Å². The zero-order valence-corrected chi connectivity index (χ0v) is 28.5. The average molecular weight is 701 g/mol. The Labute approximate surface area is 294 Å². The molecule has 5 rings (SSSR count). The van der Waals surface area contributed by atoms with Gasteiger partial charge in [-0.2, -0.15) is 0 Å². The van der Waals surface area contributed by atoms with Crippen molar-refractivity contribution in [2.24, 2.45) is 11.7 Å². The first-order valence-corrected chi connectivity index (χ1v) is 16.9. The number of nitrogens with two attached hydrogens (primary N) is 1. The number of aliphatic carboxylic acids is 1. The van der Waals surface area contributed by atoms with Gasteiger partial charge in [-0.3, -0.25) is 19.2 Å². The Morgan fingerprint density at radius 2 is 1.65 bits per heavy atom. The van der Waals surface area contributed by atoms with Crippen LogP contribution in [0.3, 0.4) is 0 Å². The summed E-state index contributed by atoms with van der Waals surface area (Å²) in [4.78, 5) is 78.4. The number of benzene rings is 2. The molecule has 4 amide bonds. The molecule has 270 valence electrons. The zero-order valence-electron chi connectivity index (χ0n) is 28.5. The molecular weight excluding hydrogens is 656 g/mol. The number of H-pyrrole nitrogens is 2. The van der Waals surface area contributed by atoms with Crippen LogP contribution in [-0.4, -0.2) is 96.4 Å². The van der Waals surface area contributed by atoms with E-state index in [1.165, 1.54) is 23.4 Å². The van der Waals surface area contributed by atoms with Gasteiger partial charge < -0.3 is 46.8 Å². The number of carboxylic acid groups (broad SMARTS) is 1. The standard InChI is InChI=1S/C36H44N8O7/c1-20(2)31(36(50)51)43-33(47)28(14-21-9-11-24(45)12-10-21)41-32(46)29(16-23-18-38-19-40-23)42-34(48)30-8-5-13-44(30)35(49)26(37)15-22-17-39-27-7-4-3-6-25(22)27/h3-4,6-7,9-12,17-20,26,28-31,39,45H,5,8,13-16,37H2,1-2H3,(H,38,40)(H,41,46)(H,42,48)(H,43,47)(H,50,51)/t26-,28-,29-,30-,31+/m1/s1. The number of amides is 4. The highest BCUT2D eigenvalue weighted by atomic mass is 16.4. The van der Waals surface area contributed by atoms with Crippen molar-refractivity contribution in [3.63, 3.8) is 0 Å². The largest absolute Gasteiger partial charge is 0.508 e. The number of hydrogen-bond donors (Lipinski definition) is 8. The summed E-state index contributed by atoms with van der Waals surface area (Å²) in [5.74, 6) is -4.05. The fraction of sp³-hybridized carbons (Fsp3) is 0.389. The summed E-state index contributed by atoms with van der Waals surface area (Å²) in [5, 5.41) is 28.4. The Bertz CT molecular complexity index is 1840. The Morgan fingerprint density at radius 3 is 2.33 bits per heavy atom. The number of rotatable bonds is 15. The van der Waals surface area contributed by atoms with Gasteiger partial charge in [-0.1, -0.05) is 44.2 Å². The van der Waals surface area contributed by atoms with Crippen LogP contribution < -0.4 is 21.7 Å². The van der Waals surface area contributed by atoms with Crippen molar-refractivity contribution < 1.29 is 34.2 Å². The summed E-state index contributed by atoms with van der Waals surface area (Å²) in [5.41, 5.74) is 9.26. The lowest BCUT2D eigenvalue weighted by Crippen LogP contribution is -2.59. The van der Waals surface area contributed by atoms with Gasteiger partial charge in [-0.25, -0.2) is 9.78 Å². The predicted octanol–water partition coefficient (Wildman–Crippen LogP) is 1.14. The van der Waals surface area contributed by atoms with Gasteiger partial charge in [0.05, 0.1) is 18.1 Å². The number of para-hydroxylation sites is 1. The topological polar surface area (TPSA) is 236 Å². The number of phenolic OH excluding ortho intramolecular Hbond substituents is 1. The van der Waals surface area contributed by atoms with E-state index in [2.05, 4.69) is 30.9 Å². The molecule has 1 aliphatic rings. The van der Waals surface area contributed by atoms with E-state index < -0.39 is 59.8 Å². The van der Waals surface area contributed by atoms with E-state index in [0.717, 1.165) is 16.5 Å². The second-order valence-corrected chi connectivity index (χ2v) is 13.2. The molecule has 9 N–H and O–H groups in total. The zero-order chi connectivity index (χ0) is 36.7.